The molecule has 5 heteroatoms. The summed E-state index contributed by atoms with van der Waals surface area (Å²) < 4.78 is 11.1. The monoisotopic (exact) mass is 422 g/mol. The van der Waals surface area contributed by atoms with E-state index in [2.05, 4.69) is 32.9 Å². The molecule has 164 valence electrons. The van der Waals surface area contributed by atoms with E-state index in [9.17, 15) is 15.3 Å². The van der Waals surface area contributed by atoms with Gasteiger partial charge in [-0.2, -0.15) is 0 Å². The molecule has 0 saturated carbocycles. The van der Waals surface area contributed by atoms with E-state index in [0.29, 0.717) is 34.8 Å². The van der Waals surface area contributed by atoms with Gasteiger partial charge in [-0.05, 0) is 75.9 Å². The van der Waals surface area contributed by atoms with Crippen molar-refractivity contribution in [2.24, 2.45) is 0 Å². The summed E-state index contributed by atoms with van der Waals surface area (Å²) in [5.74, 6) is 1.30. The minimum atomic E-state index is -0.874. The number of aliphatic hydroxyl groups is 1. The van der Waals surface area contributed by atoms with Crippen LogP contribution in [0.15, 0.2) is 59.7 Å². The van der Waals surface area contributed by atoms with Crippen LogP contribution < -0.4 is 9.47 Å². The Hall–Kier alpha value is -3.18. The number of rotatable bonds is 7. The molecule has 0 saturated heterocycles. The van der Waals surface area contributed by atoms with Crippen LogP contribution in [0.25, 0.3) is 5.76 Å². The highest BCUT2D eigenvalue weighted by Crippen LogP contribution is 2.41. The molecule has 2 aromatic rings. The fourth-order valence-electron chi connectivity index (χ4n) is 3.46. The van der Waals surface area contributed by atoms with Crippen LogP contribution in [0.1, 0.15) is 56.4 Å². The van der Waals surface area contributed by atoms with Crippen LogP contribution in [0.5, 0.6) is 23.0 Å². The molecule has 31 heavy (non-hydrogen) atoms. The smallest absolute Gasteiger partial charge is 0.161 e. The summed E-state index contributed by atoms with van der Waals surface area (Å²) in [7, 11) is 1.47. The van der Waals surface area contributed by atoms with Crippen molar-refractivity contribution < 1.29 is 24.8 Å². The summed E-state index contributed by atoms with van der Waals surface area (Å²) in [5.41, 5.74) is 4.57. The molecular formula is C26H30O5. The second kappa shape index (κ2) is 9.75. The first-order valence-electron chi connectivity index (χ1n) is 10.4. The minimum absolute atomic E-state index is 0.0232. The van der Waals surface area contributed by atoms with Crippen molar-refractivity contribution in [3.8, 4) is 23.0 Å². The van der Waals surface area contributed by atoms with Gasteiger partial charge >= 0.3 is 0 Å². The summed E-state index contributed by atoms with van der Waals surface area (Å²) in [6.07, 6.45) is 7.62. The highest BCUT2D eigenvalue weighted by Gasteiger charge is 2.23. The summed E-state index contributed by atoms with van der Waals surface area (Å²) in [6.45, 7) is 6.28. The van der Waals surface area contributed by atoms with Gasteiger partial charge in [0.15, 0.2) is 11.5 Å². The Morgan fingerprint density at radius 1 is 1.06 bits per heavy atom. The van der Waals surface area contributed by atoms with Crippen LogP contribution in [0, 0.1) is 0 Å². The van der Waals surface area contributed by atoms with Gasteiger partial charge in [0.25, 0.3) is 0 Å². The Morgan fingerprint density at radius 2 is 1.84 bits per heavy atom. The lowest BCUT2D eigenvalue weighted by Gasteiger charge is -2.23. The molecule has 3 N–H and O–H groups in total. The first-order chi connectivity index (χ1) is 14.8. The number of ether oxygens (including phenoxy) is 2. The zero-order valence-electron chi connectivity index (χ0n) is 18.5. The first-order valence-corrected chi connectivity index (χ1v) is 10.4. The lowest BCUT2D eigenvalue weighted by molar-refractivity contribution is 0.216. The van der Waals surface area contributed by atoms with Gasteiger partial charge < -0.3 is 24.8 Å². The lowest BCUT2D eigenvalue weighted by atomic mass is 9.97. The molecule has 1 aliphatic heterocycles. The van der Waals surface area contributed by atoms with Crippen LogP contribution in [-0.2, 0) is 6.42 Å². The quantitative estimate of drug-likeness (QED) is 0.491. The zero-order valence-corrected chi connectivity index (χ0v) is 18.5. The number of aliphatic hydroxyl groups excluding tert-OH is 1. The molecule has 5 nitrogen and oxygen atoms in total. The maximum absolute atomic E-state index is 10.7. The van der Waals surface area contributed by atoms with Crippen molar-refractivity contribution in [3.05, 3.63) is 76.4 Å². The van der Waals surface area contributed by atoms with Crippen molar-refractivity contribution in [3.63, 3.8) is 0 Å². The number of phenols is 2. The number of benzene rings is 2. The maximum atomic E-state index is 10.7. The Bertz CT molecular complexity index is 1040. The van der Waals surface area contributed by atoms with Gasteiger partial charge in [0.1, 0.15) is 23.4 Å². The van der Waals surface area contributed by atoms with Crippen LogP contribution in [-0.4, -0.2) is 22.4 Å². The summed E-state index contributed by atoms with van der Waals surface area (Å²) in [6, 6.07) is 8.16. The molecule has 0 bridgehead atoms. The van der Waals surface area contributed by atoms with Crippen molar-refractivity contribution in [1.29, 1.82) is 0 Å². The van der Waals surface area contributed by atoms with Crippen LogP contribution in [0.4, 0.5) is 0 Å². The molecule has 1 heterocycles. The van der Waals surface area contributed by atoms with Crippen LogP contribution in [0.3, 0.4) is 0 Å². The molecule has 0 spiro atoms. The Balaban J connectivity index is 1.79. The number of aromatic hydroxyl groups is 2. The van der Waals surface area contributed by atoms with Crippen molar-refractivity contribution in [1.82, 2.24) is 0 Å². The standard InChI is InChI=1S/C26H30O5/c1-16(2)6-5-7-17(3)8-9-18-12-20-23(29)15-24(31-25(20)14-22(18)28)19-10-11-21(27)26(13-19)30-4/h6,8,10-15,23,27-29H,5,7,9H2,1-4H3/b17-8+. The molecule has 3 rings (SSSR count). The third-order valence-corrected chi connectivity index (χ3v) is 5.28. The van der Waals surface area contributed by atoms with E-state index in [1.807, 2.05) is 0 Å². The highest BCUT2D eigenvalue weighted by atomic mass is 16.5. The molecule has 0 aliphatic carbocycles. The van der Waals surface area contributed by atoms with Gasteiger partial charge in [0, 0.05) is 17.2 Å². The Labute approximate surface area is 183 Å². The molecule has 0 fully saturated rings. The second-order valence-electron chi connectivity index (χ2n) is 8.06. The molecule has 2 aromatic carbocycles. The molecular weight excluding hydrogens is 392 g/mol. The van der Waals surface area contributed by atoms with E-state index < -0.39 is 6.10 Å². The van der Waals surface area contributed by atoms with Gasteiger partial charge in [-0.15, -0.1) is 0 Å². The maximum Gasteiger partial charge on any atom is 0.161 e. The average Bonchev–Trinajstić information content (AvgIpc) is 2.72. The summed E-state index contributed by atoms with van der Waals surface area (Å²) >= 11 is 0. The molecule has 0 radical (unpaired) electrons. The average molecular weight is 423 g/mol. The van der Waals surface area contributed by atoms with E-state index in [1.54, 1.807) is 30.3 Å². The molecule has 0 aromatic heterocycles. The van der Waals surface area contributed by atoms with E-state index in [0.717, 1.165) is 18.4 Å². The highest BCUT2D eigenvalue weighted by molar-refractivity contribution is 5.69. The molecule has 0 amide bonds. The van der Waals surface area contributed by atoms with Gasteiger partial charge in [0.2, 0.25) is 0 Å². The number of hydrogen-bond donors (Lipinski definition) is 3. The number of phenolic OH excluding ortho intramolecular Hbond substituents is 2. The fraction of sp³-hybridized carbons (Fsp3) is 0.308. The summed E-state index contributed by atoms with van der Waals surface area (Å²) in [5, 5.41) is 31.0. The third kappa shape index (κ3) is 5.50. The largest absolute Gasteiger partial charge is 0.508 e. The van der Waals surface area contributed by atoms with Gasteiger partial charge in [0.05, 0.1) is 7.11 Å². The summed E-state index contributed by atoms with van der Waals surface area (Å²) in [4.78, 5) is 0. The third-order valence-electron chi connectivity index (χ3n) is 5.28. The van der Waals surface area contributed by atoms with E-state index >= 15 is 0 Å². The number of fused-ring (bicyclic) bond motifs is 1. The molecule has 1 aliphatic rings. The SMILES string of the molecule is COc1cc(C2=CC(O)c3cc(C/C=C(\C)CCC=C(C)C)c(O)cc3O2)ccc1O. The predicted molar refractivity (Wildman–Crippen MR) is 122 cm³/mol. The topological polar surface area (TPSA) is 79.2 Å². The van der Waals surface area contributed by atoms with Crippen molar-refractivity contribution in [2.75, 3.05) is 7.11 Å². The van der Waals surface area contributed by atoms with E-state index in [-0.39, 0.29) is 11.5 Å². The van der Waals surface area contributed by atoms with Gasteiger partial charge in [-0.1, -0.05) is 23.3 Å². The molecule has 1 atom stereocenters. The zero-order chi connectivity index (χ0) is 22.5. The number of hydrogen-bond acceptors (Lipinski definition) is 5. The fourth-order valence-corrected chi connectivity index (χ4v) is 3.46. The van der Waals surface area contributed by atoms with Crippen LogP contribution in [0.2, 0.25) is 0 Å². The number of methoxy groups -OCH3 is 1. The second-order valence-corrected chi connectivity index (χ2v) is 8.06. The van der Waals surface area contributed by atoms with E-state index in [4.69, 9.17) is 9.47 Å². The van der Waals surface area contributed by atoms with Crippen LogP contribution >= 0.6 is 0 Å². The first kappa shape index (κ1) is 22.5. The normalized spacial score (nSPS) is 15.6. The number of allylic oxidation sites excluding steroid dienone is 4. The van der Waals surface area contributed by atoms with Gasteiger partial charge in [-0.3, -0.25) is 0 Å². The van der Waals surface area contributed by atoms with Crippen molar-refractivity contribution in [2.45, 2.75) is 46.1 Å². The predicted octanol–water partition coefficient (Wildman–Crippen LogP) is 5.81. The molecule has 1 unspecified atom stereocenters. The van der Waals surface area contributed by atoms with Crippen molar-refractivity contribution >= 4 is 5.76 Å². The van der Waals surface area contributed by atoms with E-state index in [1.165, 1.54) is 24.3 Å². The minimum Gasteiger partial charge on any atom is -0.508 e. The van der Waals surface area contributed by atoms with Gasteiger partial charge in [-0.25, -0.2) is 0 Å². The lowest BCUT2D eigenvalue weighted by Crippen LogP contribution is -2.09. The Morgan fingerprint density at radius 3 is 2.55 bits per heavy atom. The Kier molecular flexibility index (Phi) is 7.08.